The average molecular weight is 374 g/mol. The third-order valence-corrected chi connectivity index (χ3v) is 5.24. The molecule has 0 saturated carbocycles. The van der Waals surface area contributed by atoms with Gasteiger partial charge in [-0.05, 0) is 32.5 Å². The monoisotopic (exact) mass is 373 g/mol. The van der Waals surface area contributed by atoms with Crippen molar-refractivity contribution in [1.82, 2.24) is 14.8 Å². The molecule has 0 spiro atoms. The first-order valence-corrected chi connectivity index (χ1v) is 9.92. The fourth-order valence-electron chi connectivity index (χ4n) is 2.82. The molecule has 3 rings (SSSR count). The van der Waals surface area contributed by atoms with E-state index in [2.05, 4.69) is 32.4 Å². The zero-order valence-corrected chi connectivity index (χ0v) is 16.3. The first-order valence-electron chi connectivity index (χ1n) is 9.04. The van der Waals surface area contributed by atoms with Crippen LogP contribution < -0.4 is 10.2 Å². The summed E-state index contributed by atoms with van der Waals surface area (Å²) in [6.45, 7) is 8.41. The van der Waals surface area contributed by atoms with Crippen LogP contribution in [0.5, 0.6) is 5.75 Å². The Morgan fingerprint density at radius 3 is 2.85 bits per heavy atom. The molecule has 1 N–H and O–H groups in total. The average Bonchev–Trinajstić information content (AvgIpc) is 3.06. The number of thiazole rings is 1. The molecule has 2 aromatic rings. The van der Waals surface area contributed by atoms with Crippen molar-refractivity contribution >= 4 is 22.7 Å². The second-order valence-corrected chi connectivity index (χ2v) is 7.41. The highest BCUT2D eigenvalue weighted by Gasteiger charge is 2.12. The van der Waals surface area contributed by atoms with E-state index in [1.165, 1.54) is 0 Å². The Morgan fingerprint density at radius 1 is 1.27 bits per heavy atom. The lowest BCUT2D eigenvalue weighted by Gasteiger charge is -2.32. The van der Waals surface area contributed by atoms with Gasteiger partial charge in [0.25, 0.3) is 0 Å². The quantitative estimate of drug-likeness (QED) is 0.438. The van der Waals surface area contributed by atoms with Gasteiger partial charge in [-0.25, -0.2) is 4.98 Å². The van der Waals surface area contributed by atoms with Gasteiger partial charge >= 0.3 is 0 Å². The highest BCUT2D eigenvalue weighted by atomic mass is 32.1. The van der Waals surface area contributed by atoms with E-state index in [-0.39, 0.29) is 0 Å². The van der Waals surface area contributed by atoms with Crippen molar-refractivity contribution in [2.75, 3.05) is 51.8 Å². The zero-order chi connectivity index (χ0) is 18.2. The molecule has 0 radical (unpaired) electrons. The largest absolute Gasteiger partial charge is 0.493 e. The fraction of sp³-hybridized carbons (Fsp3) is 0.474. The number of hydrogen-bond acceptors (Lipinski definition) is 7. The number of ether oxygens (including phenoxy) is 1. The first-order chi connectivity index (χ1) is 12.7. The number of benzene rings is 1. The van der Waals surface area contributed by atoms with Gasteiger partial charge in [-0.2, -0.15) is 5.10 Å². The van der Waals surface area contributed by atoms with Crippen LogP contribution in [-0.2, 0) is 0 Å². The summed E-state index contributed by atoms with van der Waals surface area (Å²) in [7, 11) is 2.18. The third-order valence-electron chi connectivity index (χ3n) is 4.37. The summed E-state index contributed by atoms with van der Waals surface area (Å²) in [5.74, 6) is 0.867. The number of nitrogens with zero attached hydrogens (tertiary/aromatic N) is 4. The van der Waals surface area contributed by atoms with Crippen molar-refractivity contribution in [2.24, 2.45) is 5.10 Å². The summed E-state index contributed by atoms with van der Waals surface area (Å²) in [5, 5.41) is 7.07. The van der Waals surface area contributed by atoms with E-state index in [9.17, 15) is 0 Å². The van der Waals surface area contributed by atoms with Gasteiger partial charge in [0.15, 0.2) is 0 Å². The predicted molar refractivity (Wildman–Crippen MR) is 109 cm³/mol. The van der Waals surface area contributed by atoms with E-state index in [1.54, 1.807) is 17.6 Å². The maximum atomic E-state index is 5.99. The molecule has 6 nitrogen and oxygen atoms in total. The Bertz CT molecular complexity index is 709. The van der Waals surface area contributed by atoms with E-state index in [0.717, 1.165) is 67.9 Å². The van der Waals surface area contributed by atoms with Crippen molar-refractivity contribution in [3.8, 4) is 5.75 Å². The minimum Gasteiger partial charge on any atom is -0.493 e. The van der Waals surface area contributed by atoms with E-state index in [1.807, 2.05) is 36.6 Å². The summed E-state index contributed by atoms with van der Waals surface area (Å²) in [5.41, 5.74) is 4.93. The van der Waals surface area contributed by atoms with E-state index < -0.39 is 0 Å². The van der Waals surface area contributed by atoms with Crippen LogP contribution >= 0.6 is 11.3 Å². The summed E-state index contributed by atoms with van der Waals surface area (Å²) < 4.78 is 5.99. The van der Waals surface area contributed by atoms with Crippen molar-refractivity contribution < 1.29 is 4.74 Å². The van der Waals surface area contributed by atoms with Crippen LogP contribution in [0.1, 0.15) is 17.7 Å². The molecule has 2 heterocycles. The number of aryl methyl sites for hydroxylation is 1. The summed E-state index contributed by atoms with van der Waals surface area (Å²) in [4.78, 5) is 9.22. The highest BCUT2D eigenvalue weighted by molar-refractivity contribution is 7.13. The van der Waals surface area contributed by atoms with Crippen LogP contribution in [-0.4, -0.2) is 67.4 Å². The van der Waals surface area contributed by atoms with Crippen LogP contribution in [0.3, 0.4) is 0 Å². The van der Waals surface area contributed by atoms with Crippen LogP contribution in [0, 0.1) is 6.92 Å². The molecule has 0 amide bonds. The number of nitrogens with one attached hydrogen (secondary N) is 1. The lowest BCUT2D eigenvalue weighted by molar-refractivity contribution is 0.145. The molecule has 0 atom stereocenters. The minimum absolute atomic E-state index is 0.719. The molecule has 140 valence electrons. The Kier molecular flexibility index (Phi) is 6.99. The van der Waals surface area contributed by atoms with Gasteiger partial charge < -0.3 is 14.5 Å². The van der Waals surface area contributed by atoms with Crippen LogP contribution in [0.2, 0.25) is 0 Å². The van der Waals surface area contributed by atoms with Gasteiger partial charge in [0.1, 0.15) is 5.75 Å². The summed E-state index contributed by atoms with van der Waals surface area (Å²) in [6.07, 6.45) is 2.82. The van der Waals surface area contributed by atoms with Crippen molar-refractivity contribution in [3.05, 3.63) is 40.9 Å². The minimum atomic E-state index is 0.719. The number of anilines is 1. The fourth-order valence-corrected chi connectivity index (χ4v) is 3.46. The molecular weight excluding hydrogens is 346 g/mol. The van der Waals surface area contributed by atoms with Crippen LogP contribution in [0.25, 0.3) is 0 Å². The Morgan fingerprint density at radius 2 is 2.08 bits per heavy atom. The lowest BCUT2D eigenvalue weighted by Crippen LogP contribution is -2.44. The molecule has 1 aromatic heterocycles. The van der Waals surface area contributed by atoms with Crippen molar-refractivity contribution in [2.45, 2.75) is 13.3 Å². The normalized spacial score (nSPS) is 16.2. The number of likely N-dealkylation sites (N-methyl/N-ethyl adjacent to an activating group) is 1. The van der Waals surface area contributed by atoms with Crippen molar-refractivity contribution in [3.63, 3.8) is 0 Å². The van der Waals surface area contributed by atoms with Gasteiger partial charge in [-0.3, -0.25) is 5.43 Å². The Hall–Kier alpha value is -1.96. The van der Waals surface area contributed by atoms with Crippen LogP contribution in [0.4, 0.5) is 5.13 Å². The second-order valence-electron chi connectivity index (χ2n) is 6.55. The van der Waals surface area contributed by atoms with E-state index in [4.69, 9.17) is 4.74 Å². The maximum Gasteiger partial charge on any atom is 0.203 e. The molecule has 1 aromatic carbocycles. The van der Waals surface area contributed by atoms with Gasteiger partial charge in [-0.15, -0.1) is 11.3 Å². The lowest BCUT2D eigenvalue weighted by atomic mass is 10.2. The van der Waals surface area contributed by atoms with Gasteiger partial charge in [0.2, 0.25) is 5.13 Å². The van der Waals surface area contributed by atoms with Gasteiger partial charge in [-0.1, -0.05) is 12.1 Å². The first kappa shape index (κ1) is 18.8. The van der Waals surface area contributed by atoms with E-state index >= 15 is 0 Å². The highest BCUT2D eigenvalue weighted by Crippen LogP contribution is 2.17. The van der Waals surface area contributed by atoms with E-state index in [0.29, 0.717) is 0 Å². The van der Waals surface area contributed by atoms with Crippen molar-refractivity contribution in [1.29, 1.82) is 0 Å². The molecule has 1 aliphatic rings. The standard InChI is InChI=1S/C19H27N5OS/c1-16-15-26-19(21-16)22-20-14-17-6-3-4-7-18(17)25-13-5-8-24-11-9-23(2)10-12-24/h3-4,6-7,14-15H,5,8-13H2,1-2H3,(H,21,22). The number of para-hydroxylation sites is 1. The number of hydrazone groups is 1. The summed E-state index contributed by atoms with van der Waals surface area (Å²) in [6, 6.07) is 7.98. The number of hydrogen-bond donors (Lipinski definition) is 1. The molecule has 7 heteroatoms. The Balaban J connectivity index is 1.44. The predicted octanol–water partition coefficient (Wildman–Crippen LogP) is 2.91. The SMILES string of the molecule is Cc1csc(NN=Cc2ccccc2OCCCN2CCN(C)CC2)n1. The smallest absolute Gasteiger partial charge is 0.203 e. The number of aromatic nitrogens is 1. The second kappa shape index (κ2) is 9.66. The van der Waals surface area contributed by atoms with Gasteiger partial charge in [0.05, 0.1) is 18.5 Å². The number of rotatable bonds is 8. The molecule has 0 unspecified atom stereocenters. The molecule has 1 aliphatic heterocycles. The molecule has 0 bridgehead atoms. The molecule has 0 aliphatic carbocycles. The molecule has 1 fully saturated rings. The molecule has 1 saturated heterocycles. The topological polar surface area (TPSA) is 53.0 Å². The maximum absolute atomic E-state index is 5.99. The molecule has 26 heavy (non-hydrogen) atoms. The molecular formula is C19H27N5OS. The van der Waals surface area contributed by atoms with Gasteiger partial charge in [0, 0.05) is 43.7 Å². The Labute approximate surface area is 159 Å². The zero-order valence-electron chi connectivity index (χ0n) is 15.5. The summed E-state index contributed by atoms with van der Waals surface area (Å²) >= 11 is 1.54. The van der Waals surface area contributed by atoms with Crippen LogP contribution in [0.15, 0.2) is 34.7 Å². The number of piperazine rings is 1. The third kappa shape index (κ3) is 5.79.